The van der Waals surface area contributed by atoms with Crippen molar-refractivity contribution < 1.29 is 18.3 Å². The number of hydrogen-bond acceptors (Lipinski definition) is 5. The molecule has 2 aliphatic rings. The summed E-state index contributed by atoms with van der Waals surface area (Å²) in [4.78, 5) is 11.9. The molecule has 1 aromatic heterocycles. The molecule has 2 heterocycles. The first-order valence-electron chi connectivity index (χ1n) is 9.35. The molecule has 5 nitrogen and oxygen atoms in total. The summed E-state index contributed by atoms with van der Waals surface area (Å²) in [6.45, 7) is 5.47. The van der Waals surface area contributed by atoms with Crippen molar-refractivity contribution in [2.24, 2.45) is 0 Å². The molecular formula is C18H27F3N4O. The van der Waals surface area contributed by atoms with Crippen LogP contribution >= 0.6 is 0 Å². The zero-order valence-corrected chi connectivity index (χ0v) is 15.4. The van der Waals surface area contributed by atoms with E-state index < -0.39 is 12.0 Å². The van der Waals surface area contributed by atoms with Gasteiger partial charge in [-0.1, -0.05) is 12.8 Å². The lowest BCUT2D eigenvalue weighted by atomic mass is 10.0. The highest BCUT2D eigenvalue weighted by molar-refractivity contribution is 5.49. The number of aliphatic hydroxyl groups is 1. The van der Waals surface area contributed by atoms with Gasteiger partial charge in [0.1, 0.15) is 5.82 Å². The number of aromatic nitrogens is 2. The van der Waals surface area contributed by atoms with Gasteiger partial charge in [0.05, 0.1) is 0 Å². The second-order valence-electron chi connectivity index (χ2n) is 7.37. The van der Waals surface area contributed by atoms with Crippen molar-refractivity contribution in [2.75, 3.05) is 31.1 Å². The SMILES string of the molecule is Cc1nc(C(F)(F)F)nc(N2CCN(C3CCCC3)[C@H](CCO)C2)c1C. The van der Waals surface area contributed by atoms with Gasteiger partial charge in [0.2, 0.25) is 5.82 Å². The van der Waals surface area contributed by atoms with Crippen LogP contribution < -0.4 is 4.90 Å². The topological polar surface area (TPSA) is 52.5 Å². The van der Waals surface area contributed by atoms with Gasteiger partial charge < -0.3 is 10.0 Å². The Kier molecular flexibility index (Phi) is 5.72. The van der Waals surface area contributed by atoms with Crippen molar-refractivity contribution in [1.29, 1.82) is 0 Å². The molecule has 2 fully saturated rings. The molecule has 3 rings (SSSR count). The Labute approximate surface area is 152 Å². The smallest absolute Gasteiger partial charge is 0.396 e. The monoisotopic (exact) mass is 372 g/mol. The van der Waals surface area contributed by atoms with Crippen molar-refractivity contribution in [2.45, 2.75) is 64.2 Å². The van der Waals surface area contributed by atoms with E-state index in [1.54, 1.807) is 13.8 Å². The van der Waals surface area contributed by atoms with Crippen LogP contribution in [0.3, 0.4) is 0 Å². The maximum Gasteiger partial charge on any atom is 0.451 e. The van der Waals surface area contributed by atoms with Gasteiger partial charge in [-0.2, -0.15) is 13.2 Å². The summed E-state index contributed by atoms with van der Waals surface area (Å²) in [6, 6.07) is 0.675. The lowest BCUT2D eigenvalue weighted by Crippen LogP contribution is -2.56. The highest BCUT2D eigenvalue weighted by Crippen LogP contribution is 2.33. The number of hydrogen-bond donors (Lipinski definition) is 1. The highest BCUT2D eigenvalue weighted by atomic mass is 19.4. The zero-order chi connectivity index (χ0) is 18.9. The first-order chi connectivity index (χ1) is 12.3. The minimum atomic E-state index is -4.55. The molecular weight excluding hydrogens is 345 g/mol. The summed E-state index contributed by atoms with van der Waals surface area (Å²) < 4.78 is 39.4. The van der Waals surface area contributed by atoms with E-state index in [4.69, 9.17) is 0 Å². The summed E-state index contributed by atoms with van der Waals surface area (Å²) >= 11 is 0. The largest absolute Gasteiger partial charge is 0.451 e. The summed E-state index contributed by atoms with van der Waals surface area (Å²) in [7, 11) is 0. The van der Waals surface area contributed by atoms with Crippen molar-refractivity contribution >= 4 is 5.82 Å². The fourth-order valence-corrected chi connectivity index (χ4v) is 4.23. The van der Waals surface area contributed by atoms with Crippen LogP contribution in [0.25, 0.3) is 0 Å². The summed E-state index contributed by atoms with van der Waals surface area (Å²) in [6.07, 6.45) is 0.884. The maximum atomic E-state index is 13.1. The van der Waals surface area contributed by atoms with E-state index in [9.17, 15) is 18.3 Å². The Hall–Kier alpha value is -1.41. The summed E-state index contributed by atoms with van der Waals surface area (Å²) in [5, 5.41) is 9.47. The third kappa shape index (κ3) is 3.96. The number of nitrogens with zero attached hydrogens (tertiary/aromatic N) is 4. The lowest BCUT2D eigenvalue weighted by Gasteiger charge is -2.45. The quantitative estimate of drug-likeness (QED) is 0.881. The molecule has 146 valence electrons. The minimum Gasteiger partial charge on any atom is -0.396 e. The molecule has 8 heteroatoms. The molecule has 1 atom stereocenters. The van der Waals surface area contributed by atoms with Crippen molar-refractivity contribution in [1.82, 2.24) is 14.9 Å². The molecule has 1 saturated carbocycles. The van der Waals surface area contributed by atoms with E-state index in [1.165, 1.54) is 25.7 Å². The number of rotatable bonds is 4. The molecule has 1 aliphatic heterocycles. The molecule has 0 amide bonds. The number of aliphatic hydroxyl groups excluding tert-OH is 1. The predicted molar refractivity (Wildman–Crippen MR) is 93.2 cm³/mol. The number of halogens is 3. The van der Waals surface area contributed by atoms with Crippen LogP contribution in [0, 0.1) is 13.8 Å². The zero-order valence-electron chi connectivity index (χ0n) is 15.4. The molecule has 0 spiro atoms. The molecule has 26 heavy (non-hydrogen) atoms. The van der Waals surface area contributed by atoms with E-state index in [1.807, 2.05) is 4.90 Å². The fourth-order valence-electron chi connectivity index (χ4n) is 4.23. The van der Waals surface area contributed by atoms with Gasteiger partial charge in [-0.25, -0.2) is 9.97 Å². The van der Waals surface area contributed by atoms with Crippen LogP contribution in [-0.4, -0.2) is 58.3 Å². The van der Waals surface area contributed by atoms with Crippen molar-refractivity contribution in [3.8, 4) is 0 Å². The molecule has 1 aliphatic carbocycles. The van der Waals surface area contributed by atoms with Gasteiger partial charge >= 0.3 is 6.18 Å². The summed E-state index contributed by atoms with van der Waals surface area (Å²) in [5.74, 6) is -0.702. The molecule has 0 radical (unpaired) electrons. The fraction of sp³-hybridized carbons (Fsp3) is 0.778. The third-order valence-electron chi connectivity index (χ3n) is 5.70. The predicted octanol–water partition coefficient (Wildman–Crippen LogP) is 2.93. The Morgan fingerprint density at radius 1 is 1.12 bits per heavy atom. The lowest BCUT2D eigenvalue weighted by molar-refractivity contribution is -0.145. The first kappa shape index (κ1) is 19.4. The highest BCUT2D eigenvalue weighted by Gasteiger charge is 2.38. The van der Waals surface area contributed by atoms with Gasteiger partial charge in [0.25, 0.3) is 0 Å². The normalized spacial score (nSPS) is 23.0. The van der Waals surface area contributed by atoms with Crippen LogP contribution in [0.4, 0.5) is 19.0 Å². The molecule has 1 aromatic rings. The van der Waals surface area contributed by atoms with E-state index in [2.05, 4.69) is 14.9 Å². The van der Waals surface area contributed by atoms with Crippen molar-refractivity contribution in [3.05, 3.63) is 17.1 Å². The van der Waals surface area contributed by atoms with Gasteiger partial charge in [-0.15, -0.1) is 0 Å². The third-order valence-corrected chi connectivity index (χ3v) is 5.70. The second-order valence-corrected chi connectivity index (χ2v) is 7.37. The van der Waals surface area contributed by atoms with Crippen molar-refractivity contribution in [3.63, 3.8) is 0 Å². The Bertz CT molecular complexity index is 632. The molecule has 0 bridgehead atoms. The van der Waals surface area contributed by atoms with Crippen LogP contribution in [-0.2, 0) is 6.18 Å². The van der Waals surface area contributed by atoms with Gasteiger partial charge in [0.15, 0.2) is 0 Å². The Balaban J connectivity index is 1.85. The minimum absolute atomic E-state index is 0.0807. The Morgan fingerprint density at radius 2 is 1.81 bits per heavy atom. The van der Waals surface area contributed by atoms with Crippen LogP contribution in [0.15, 0.2) is 0 Å². The van der Waals surface area contributed by atoms with E-state index in [0.717, 1.165) is 6.54 Å². The van der Waals surface area contributed by atoms with Gasteiger partial charge in [-0.3, -0.25) is 4.90 Å². The average molecular weight is 372 g/mol. The van der Waals surface area contributed by atoms with Crippen LogP contribution in [0.5, 0.6) is 0 Å². The van der Waals surface area contributed by atoms with E-state index in [-0.39, 0.29) is 12.6 Å². The molecule has 0 unspecified atom stereocenters. The molecule has 0 aromatic carbocycles. The molecule has 1 N–H and O–H groups in total. The van der Waals surface area contributed by atoms with Crippen LogP contribution in [0.1, 0.15) is 49.2 Å². The standard InChI is InChI=1S/C18H27F3N4O/c1-12-13(2)22-17(18(19,20)21)23-16(12)24-8-9-25(14-5-3-4-6-14)15(11-24)7-10-26/h14-15,26H,3-11H2,1-2H3/t15-/m1/s1. The molecule has 1 saturated heterocycles. The van der Waals surface area contributed by atoms with E-state index in [0.29, 0.717) is 42.6 Å². The Morgan fingerprint density at radius 3 is 2.42 bits per heavy atom. The van der Waals surface area contributed by atoms with Crippen LogP contribution in [0.2, 0.25) is 0 Å². The number of aryl methyl sites for hydroxylation is 1. The number of anilines is 1. The second kappa shape index (κ2) is 7.68. The number of alkyl halides is 3. The van der Waals surface area contributed by atoms with Gasteiger partial charge in [-0.05, 0) is 33.1 Å². The maximum absolute atomic E-state index is 13.1. The average Bonchev–Trinajstić information content (AvgIpc) is 3.11. The number of piperazine rings is 1. The summed E-state index contributed by atoms with van der Waals surface area (Å²) in [5.41, 5.74) is 1.05. The van der Waals surface area contributed by atoms with E-state index >= 15 is 0 Å². The van der Waals surface area contributed by atoms with Gasteiger partial charge in [0, 0.05) is 49.6 Å². The first-order valence-corrected chi connectivity index (χ1v) is 9.35.